The van der Waals surface area contributed by atoms with Gasteiger partial charge in [0.05, 0.1) is 18.2 Å². The van der Waals surface area contributed by atoms with Crippen LogP contribution >= 0.6 is 0 Å². The summed E-state index contributed by atoms with van der Waals surface area (Å²) in [6.07, 6.45) is 10.7. The van der Waals surface area contributed by atoms with E-state index in [-0.39, 0.29) is 29.1 Å². The van der Waals surface area contributed by atoms with E-state index in [1.54, 1.807) is 12.1 Å². The van der Waals surface area contributed by atoms with Crippen molar-refractivity contribution in [3.63, 3.8) is 0 Å². The molecule has 0 heterocycles. The van der Waals surface area contributed by atoms with Crippen molar-refractivity contribution in [3.05, 3.63) is 35.6 Å². The van der Waals surface area contributed by atoms with Crippen molar-refractivity contribution in [1.82, 2.24) is 5.32 Å². The van der Waals surface area contributed by atoms with Gasteiger partial charge in [0.25, 0.3) is 0 Å². The van der Waals surface area contributed by atoms with Crippen molar-refractivity contribution >= 4 is 5.91 Å². The number of carbonyl (C=O) groups is 1. The predicted octanol–water partition coefficient (Wildman–Crippen LogP) is 6.43. The molecule has 2 N–H and O–H groups in total. The molecule has 0 radical (unpaired) electrons. The summed E-state index contributed by atoms with van der Waals surface area (Å²) in [7, 11) is 0. The number of fused-ring (bicyclic) bond motifs is 5. The van der Waals surface area contributed by atoms with Gasteiger partial charge in [0.2, 0.25) is 5.91 Å². The molecule has 0 saturated heterocycles. The molecular formula is C31H46FNO3. The fourth-order valence-electron chi connectivity index (χ4n) is 9.20. The zero-order chi connectivity index (χ0) is 25.5. The third-order valence-corrected chi connectivity index (χ3v) is 11.0. The van der Waals surface area contributed by atoms with E-state index >= 15 is 0 Å². The molecule has 5 rings (SSSR count). The lowest BCUT2D eigenvalue weighted by Gasteiger charge is -2.57. The number of hydrogen-bond acceptors (Lipinski definition) is 3. The topological polar surface area (TPSA) is 58.6 Å². The zero-order valence-electron chi connectivity index (χ0n) is 22.5. The van der Waals surface area contributed by atoms with E-state index in [9.17, 15) is 14.3 Å². The number of benzene rings is 1. The van der Waals surface area contributed by atoms with Crippen LogP contribution in [0.2, 0.25) is 0 Å². The monoisotopic (exact) mass is 499 g/mol. The second-order valence-corrected chi connectivity index (χ2v) is 12.7. The number of amides is 1. The maximum absolute atomic E-state index is 13.6. The molecule has 1 aromatic carbocycles. The van der Waals surface area contributed by atoms with E-state index < -0.39 is 5.60 Å². The molecule has 0 spiro atoms. The highest BCUT2D eigenvalue weighted by molar-refractivity contribution is 5.80. The molecule has 4 aliphatic rings. The minimum atomic E-state index is -0.635. The van der Waals surface area contributed by atoms with Crippen molar-refractivity contribution in [2.75, 3.05) is 13.2 Å². The van der Waals surface area contributed by atoms with E-state index in [4.69, 9.17) is 4.74 Å². The quantitative estimate of drug-likeness (QED) is 0.455. The Labute approximate surface area is 216 Å². The number of halogens is 1. The molecule has 0 unspecified atom stereocenters. The summed E-state index contributed by atoms with van der Waals surface area (Å²) in [5.41, 5.74) is 0.420. The summed E-state index contributed by atoms with van der Waals surface area (Å²) in [6, 6.07) is 6.50. The first-order chi connectivity index (χ1) is 17.3. The lowest BCUT2D eigenvalue weighted by Crippen LogP contribution is -2.53. The summed E-state index contributed by atoms with van der Waals surface area (Å²) >= 11 is 0. The first kappa shape index (κ1) is 26.2. The Kier molecular flexibility index (Phi) is 7.53. The molecule has 4 saturated carbocycles. The lowest BCUT2D eigenvalue weighted by atomic mass is 9.49. The van der Waals surface area contributed by atoms with Gasteiger partial charge in [-0.15, -0.1) is 0 Å². The Hall–Kier alpha value is -1.46. The highest BCUT2D eigenvalue weighted by atomic mass is 19.1. The largest absolute Gasteiger partial charge is 0.387 e. The number of rotatable bonds is 7. The second-order valence-electron chi connectivity index (χ2n) is 12.7. The average molecular weight is 500 g/mol. The van der Waals surface area contributed by atoms with Crippen molar-refractivity contribution < 1.29 is 19.0 Å². The molecule has 1 amide bonds. The Bertz CT molecular complexity index is 921. The molecule has 36 heavy (non-hydrogen) atoms. The maximum Gasteiger partial charge on any atom is 0.224 e. The van der Waals surface area contributed by atoms with Crippen LogP contribution < -0.4 is 5.32 Å². The molecule has 200 valence electrons. The zero-order valence-corrected chi connectivity index (χ0v) is 22.5. The van der Waals surface area contributed by atoms with Crippen molar-refractivity contribution in [3.8, 4) is 0 Å². The summed E-state index contributed by atoms with van der Waals surface area (Å²) < 4.78 is 19.1. The Morgan fingerprint density at radius 2 is 1.81 bits per heavy atom. The van der Waals surface area contributed by atoms with Crippen LogP contribution in [-0.4, -0.2) is 29.8 Å². The molecular weight excluding hydrogens is 453 g/mol. The number of aliphatic hydroxyl groups is 1. The van der Waals surface area contributed by atoms with E-state index in [2.05, 4.69) is 19.2 Å². The maximum atomic E-state index is 13.6. The second kappa shape index (κ2) is 10.4. The van der Waals surface area contributed by atoms with E-state index in [1.165, 1.54) is 31.4 Å². The Morgan fingerprint density at radius 3 is 2.53 bits per heavy atom. The molecule has 1 aromatic rings. The average Bonchev–Trinajstić information content (AvgIpc) is 3.23. The van der Waals surface area contributed by atoms with Crippen LogP contribution in [0.15, 0.2) is 24.3 Å². The highest BCUT2D eigenvalue weighted by Gasteiger charge is 2.59. The van der Waals surface area contributed by atoms with Crippen LogP contribution in [0.4, 0.5) is 4.39 Å². The molecule has 5 heteroatoms. The normalized spacial score (nSPS) is 40.6. The standard InChI is InChI=1S/C31H46FNO3/c1-4-28(20-6-9-22(32)10-7-20)33-29(34)27-13-12-26-25-11-8-21-18-31(35,19-36-5-2)17-15-23(21)24(25)14-16-30(26,27)3/h6-7,9-10,21,23-28,35H,4-5,8,11-19H2,1-3H3,(H,33,34)/t21-,23+,24-,25-,26+,27-,28-,30+,31-/m1/s1. The number of nitrogens with one attached hydrogen (secondary N) is 1. The Balaban J connectivity index is 1.25. The molecule has 0 aliphatic heterocycles. The van der Waals surface area contributed by atoms with Gasteiger partial charge in [0.1, 0.15) is 5.82 Å². The minimum Gasteiger partial charge on any atom is -0.387 e. The molecule has 9 atom stereocenters. The van der Waals surface area contributed by atoms with Gasteiger partial charge in [0.15, 0.2) is 0 Å². The van der Waals surface area contributed by atoms with Crippen LogP contribution in [0.5, 0.6) is 0 Å². The SMILES string of the molecule is CCOC[C@@]1(O)CC[C@H]2[C@H](CC[C@@H]3[C@@H]2CC[C@]2(C)[C@@H](C(=O)N[C@H](CC)c4ccc(F)cc4)CC[C@@H]32)C1. The third kappa shape index (κ3) is 4.75. The van der Waals surface area contributed by atoms with Crippen molar-refractivity contribution in [1.29, 1.82) is 0 Å². The first-order valence-corrected chi connectivity index (χ1v) is 14.6. The van der Waals surface area contributed by atoms with Gasteiger partial charge >= 0.3 is 0 Å². The lowest BCUT2D eigenvalue weighted by molar-refractivity contribution is -0.139. The molecule has 0 aromatic heterocycles. The minimum absolute atomic E-state index is 0.0646. The van der Waals surface area contributed by atoms with E-state index in [0.29, 0.717) is 25.0 Å². The highest BCUT2D eigenvalue weighted by Crippen LogP contribution is 2.64. The molecule has 0 bridgehead atoms. The van der Waals surface area contributed by atoms with Gasteiger partial charge in [-0.25, -0.2) is 4.39 Å². The number of hydrogen-bond donors (Lipinski definition) is 2. The van der Waals surface area contributed by atoms with Crippen LogP contribution in [-0.2, 0) is 9.53 Å². The van der Waals surface area contributed by atoms with Crippen LogP contribution in [0.3, 0.4) is 0 Å². The summed E-state index contributed by atoms with van der Waals surface area (Å²) in [5.74, 6) is 3.48. The van der Waals surface area contributed by atoms with Gasteiger partial charge in [-0.1, -0.05) is 26.0 Å². The van der Waals surface area contributed by atoms with Crippen LogP contribution in [0.25, 0.3) is 0 Å². The number of ether oxygens (including phenoxy) is 1. The van der Waals surface area contributed by atoms with Crippen molar-refractivity contribution in [2.24, 2.45) is 40.9 Å². The van der Waals surface area contributed by atoms with Gasteiger partial charge in [0, 0.05) is 12.5 Å². The van der Waals surface area contributed by atoms with Crippen LogP contribution in [0.1, 0.15) is 96.6 Å². The van der Waals surface area contributed by atoms with Gasteiger partial charge < -0.3 is 15.2 Å². The fraction of sp³-hybridized carbons (Fsp3) is 0.774. The fourth-order valence-corrected chi connectivity index (χ4v) is 9.20. The third-order valence-electron chi connectivity index (χ3n) is 11.0. The van der Waals surface area contributed by atoms with Gasteiger partial charge in [-0.3, -0.25) is 4.79 Å². The summed E-state index contributed by atoms with van der Waals surface area (Å²) in [6.45, 7) is 7.63. The molecule has 4 fully saturated rings. The number of carbonyl (C=O) groups excluding carboxylic acids is 1. The van der Waals surface area contributed by atoms with E-state index in [1.807, 2.05) is 6.92 Å². The smallest absolute Gasteiger partial charge is 0.224 e. The first-order valence-electron chi connectivity index (χ1n) is 14.6. The summed E-state index contributed by atoms with van der Waals surface area (Å²) in [4.78, 5) is 13.6. The van der Waals surface area contributed by atoms with E-state index in [0.717, 1.165) is 68.3 Å². The van der Waals surface area contributed by atoms with Gasteiger partial charge in [-0.2, -0.15) is 0 Å². The molecule has 4 aliphatic carbocycles. The predicted molar refractivity (Wildman–Crippen MR) is 140 cm³/mol. The molecule has 4 nitrogen and oxygen atoms in total. The summed E-state index contributed by atoms with van der Waals surface area (Å²) in [5, 5.41) is 14.5. The van der Waals surface area contributed by atoms with Crippen LogP contribution in [0, 0.1) is 46.7 Å². The van der Waals surface area contributed by atoms with Gasteiger partial charge in [-0.05, 0) is 124 Å². The Morgan fingerprint density at radius 1 is 1.06 bits per heavy atom. The van der Waals surface area contributed by atoms with Crippen molar-refractivity contribution in [2.45, 2.75) is 96.6 Å².